The van der Waals surface area contributed by atoms with Crippen LogP contribution in [-0.4, -0.2) is 23.7 Å². The highest BCUT2D eigenvalue weighted by Gasteiger charge is 2.10. The minimum atomic E-state index is 0.165. The van der Waals surface area contributed by atoms with Crippen molar-refractivity contribution in [3.63, 3.8) is 0 Å². The Hall–Kier alpha value is -3.21. The van der Waals surface area contributed by atoms with E-state index in [4.69, 9.17) is 4.99 Å². The molecular formula is C40H68N4O. The Labute approximate surface area is 278 Å². The molecule has 0 spiro atoms. The molecule has 0 atom stereocenters. The molecule has 3 aromatic rings. The number of aliphatic imine (C=N–C) groups is 1. The molecule has 1 heterocycles. The van der Waals surface area contributed by atoms with Crippen LogP contribution in [0.1, 0.15) is 144 Å². The van der Waals surface area contributed by atoms with Gasteiger partial charge >= 0.3 is 0 Å². The second kappa shape index (κ2) is 29.5. The van der Waals surface area contributed by atoms with Gasteiger partial charge in [-0.1, -0.05) is 137 Å². The molecule has 254 valence electrons. The van der Waals surface area contributed by atoms with Crippen molar-refractivity contribution in [2.45, 2.75) is 147 Å². The van der Waals surface area contributed by atoms with Crippen molar-refractivity contribution in [2.75, 3.05) is 12.4 Å². The summed E-state index contributed by atoms with van der Waals surface area (Å²) < 4.78 is 0. The summed E-state index contributed by atoms with van der Waals surface area (Å²) in [4.78, 5) is 21.0. The molecule has 0 aliphatic carbocycles. The number of benzene rings is 2. The van der Waals surface area contributed by atoms with Crippen LogP contribution in [0.2, 0.25) is 0 Å². The van der Waals surface area contributed by atoms with E-state index in [0.717, 1.165) is 49.1 Å². The molecule has 2 N–H and O–H groups in total. The van der Waals surface area contributed by atoms with E-state index in [0.29, 0.717) is 13.0 Å². The number of fused-ring (bicyclic) bond motifs is 1. The molecule has 5 heteroatoms. The topological polar surface area (TPSA) is 66.4 Å². The van der Waals surface area contributed by atoms with E-state index < -0.39 is 0 Å². The van der Waals surface area contributed by atoms with Crippen LogP contribution in [-0.2, 0) is 17.8 Å². The molecule has 0 saturated heterocycles. The summed E-state index contributed by atoms with van der Waals surface area (Å²) in [5.41, 5.74) is 6.85. The highest BCUT2D eigenvalue weighted by atomic mass is 16.1. The van der Waals surface area contributed by atoms with Crippen molar-refractivity contribution >= 4 is 34.0 Å². The van der Waals surface area contributed by atoms with Crippen LogP contribution in [0.15, 0.2) is 53.5 Å². The average molecular weight is 621 g/mol. The fourth-order valence-corrected chi connectivity index (χ4v) is 4.07. The maximum atomic E-state index is 11.5. The van der Waals surface area contributed by atoms with Gasteiger partial charge in [-0.3, -0.25) is 9.79 Å². The Morgan fingerprint density at radius 1 is 0.778 bits per heavy atom. The van der Waals surface area contributed by atoms with Gasteiger partial charge in [-0.25, -0.2) is 4.98 Å². The van der Waals surface area contributed by atoms with Crippen molar-refractivity contribution < 1.29 is 4.79 Å². The van der Waals surface area contributed by atoms with Crippen LogP contribution >= 0.6 is 0 Å². The molecule has 0 aliphatic heterocycles. The van der Waals surface area contributed by atoms with Crippen molar-refractivity contribution in [3.05, 3.63) is 65.2 Å². The second-order valence-electron chi connectivity index (χ2n) is 11.0. The molecular weight excluding hydrogens is 552 g/mol. The van der Waals surface area contributed by atoms with Crippen LogP contribution in [0.3, 0.4) is 0 Å². The first-order valence-electron chi connectivity index (χ1n) is 17.7. The van der Waals surface area contributed by atoms with E-state index in [1.54, 1.807) is 0 Å². The number of aromatic nitrogens is 1. The third-order valence-electron chi connectivity index (χ3n) is 6.48. The third-order valence-corrected chi connectivity index (χ3v) is 6.48. The van der Waals surface area contributed by atoms with Gasteiger partial charge in [0.05, 0.1) is 5.52 Å². The van der Waals surface area contributed by atoms with E-state index in [-0.39, 0.29) is 5.91 Å². The van der Waals surface area contributed by atoms with Crippen LogP contribution in [0, 0.1) is 6.92 Å². The molecule has 0 fully saturated rings. The number of hydrogen-bond donors (Lipinski definition) is 2. The standard InChI is InChI=1S/C17H23N3.C15H23NO.2C3H8.C2H6/c1-5-6-9-12(2)19-16-13(3)14-10-7-8-11-15(14)20-17(16)18-4;1-3-5-6-7-15(17)16-12-14-10-8-13(4-2)9-11-14;2*1-3-2;1-2/h7-8,10-11H,5-6,9H2,1-4H3,(H,18,20);8-11H,3-7,12H2,1-2H3,(H,16,17);2*3H2,1-2H3;1-2H3. The molecule has 45 heavy (non-hydrogen) atoms. The number of pyridine rings is 1. The van der Waals surface area contributed by atoms with Gasteiger partial charge in [0, 0.05) is 31.1 Å². The minimum absolute atomic E-state index is 0.165. The monoisotopic (exact) mass is 621 g/mol. The van der Waals surface area contributed by atoms with Gasteiger partial charge in [0.2, 0.25) is 5.91 Å². The normalized spacial score (nSPS) is 10.1. The zero-order valence-corrected chi connectivity index (χ0v) is 31.2. The SMILES string of the molecule is CC.CCC.CCC.CCCCC(C)=Nc1c(NC)nc2ccccc2c1C.CCCCCC(=O)NCc1ccc(CC)cc1. The number of rotatable bonds is 12. The first kappa shape index (κ1) is 43.9. The van der Waals surface area contributed by atoms with Crippen molar-refractivity contribution in [2.24, 2.45) is 4.99 Å². The van der Waals surface area contributed by atoms with E-state index >= 15 is 0 Å². The molecule has 2 aromatic carbocycles. The molecule has 3 rings (SSSR count). The number of para-hydroxylation sites is 1. The second-order valence-corrected chi connectivity index (χ2v) is 11.0. The predicted molar refractivity (Wildman–Crippen MR) is 203 cm³/mol. The fourth-order valence-electron chi connectivity index (χ4n) is 4.07. The summed E-state index contributed by atoms with van der Waals surface area (Å²) in [6.45, 7) is 23.9. The maximum Gasteiger partial charge on any atom is 0.220 e. The first-order valence-corrected chi connectivity index (χ1v) is 17.7. The summed E-state index contributed by atoms with van der Waals surface area (Å²) in [5, 5.41) is 7.30. The smallest absolute Gasteiger partial charge is 0.220 e. The Kier molecular flexibility index (Phi) is 28.8. The summed E-state index contributed by atoms with van der Waals surface area (Å²) in [7, 11) is 1.90. The molecule has 1 amide bonds. The Balaban J connectivity index is 0. The zero-order chi connectivity index (χ0) is 34.5. The third kappa shape index (κ3) is 19.7. The lowest BCUT2D eigenvalue weighted by atomic mass is 10.1. The Morgan fingerprint density at radius 2 is 1.33 bits per heavy atom. The number of unbranched alkanes of at least 4 members (excludes halogenated alkanes) is 3. The molecule has 5 nitrogen and oxygen atoms in total. The number of nitrogens with zero attached hydrogens (tertiary/aromatic N) is 2. The van der Waals surface area contributed by atoms with Crippen molar-refractivity contribution in [1.82, 2.24) is 10.3 Å². The highest BCUT2D eigenvalue weighted by molar-refractivity contribution is 5.93. The number of carbonyl (C=O) groups is 1. The number of hydrogen-bond acceptors (Lipinski definition) is 4. The van der Waals surface area contributed by atoms with Crippen LogP contribution < -0.4 is 10.6 Å². The lowest BCUT2D eigenvalue weighted by molar-refractivity contribution is -0.121. The number of amides is 1. The van der Waals surface area contributed by atoms with Gasteiger partial charge in [-0.2, -0.15) is 0 Å². The highest BCUT2D eigenvalue weighted by Crippen LogP contribution is 2.33. The Bertz CT molecular complexity index is 1170. The van der Waals surface area contributed by atoms with Gasteiger partial charge in [0.25, 0.3) is 0 Å². The zero-order valence-electron chi connectivity index (χ0n) is 31.2. The largest absolute Gasteiger partial charge is 0.371 e. The van der Waals surface area contributed by atoms with E-state index in [1.165, 1.54) is 53.5 Å². The van der Waals surface area contributed by atoms with Crippen molar-refractivity contribution in [1.29, 1.82) is 0 Å². The quantitative estimate of drug-likeness (QED) is 0.156. The van der Waals surface area contributed by atoms with Crippen molar-refractivity contribution in [3.8, 4) is 0 Å². The van der Waals surface area contributed by atoms with Gasteiger partial charge in [-0.05, 0) is 62.3 Å². The van der Waals surface area contributed by atoms with Crippen LogP contribution in [0.5, 0.6) is 0 Å². The van der Waals surface area contributed by atoms with Gasteiger partial charge in [0.15, 0.2) is 5.82 Å². The summed E-state index contributed by atoms with van der Waals surface area (Å²) in [6.07, 6.45) is 10.9. The van der Waals surface area contributed by atoms with E-state index in [9.17, 15) is 4.79 Å². The number of anilines is 1. The summed E-state index contributed by atoms with van der Waals surface area (Å²) in [5.74, 6) is 1.02. The Morgan fingerprint density at radius 3 is 1.87 bits per heavy atom. The van der Waals surface area contributed by atoms with Crippen LogP contribution in [0.4, 0.5) is 11.5 Å². The maximum absolute atomic E-state index is 11.5. The number of carbonyl (C=O) groups excluding carboxylic acids is 1. The molecule has 0 bridgehead atoms. The van der Waals surface area contributed by atoms with Gasteiger partial charge < -0.3 is 10.6 Å². The van der Waals surface area contributed by atoms with E-state index in [1.807, 2.05) is 39.1 Å². The summed E-state index contributed by atoms with van der Waals surface area (Å²) in [6, 6.07) is 16.6. The molecule has 0 saturated carbocycles. The molecule has 1 aromatic heterocycles. The molecule has 0 aliphatic rings. The number of aryl methyl sites for hydroxylation is 2. The van der Waals surface area contributed by atoms with Gasteiger partial charge in [-0.15, -0.1) is 0 Å². The summed E-state index contributed by atoms with van der Waals surface area (Å²) >= 11 is 0. The van der Waals surface area contributed by atoms with Crippen LogP contribution in [0.25, 0.3) is 10.9 Å². The number of nitrogens with one attached hydrogen (secondary N) is 2. The molecule has 0 radical (unpaired) electrons. The average Bonchev–Trinajstić information content (AvgIpc) is 3.06. The predicted octanol–water partition coefficient (Wildman–Crippen LogP) is 12.2. The lowest BCUT2D eigenvalue weighted by Crippen LogP contribution is -2.22. The minimum Gasteiger partial charge on any atom is -0.371 e. The fraction of sp³-hybridized carbons (Fsp3) is 0.575. The lowest BCUT2D eigenvalue weighted by Gasteiger charge is -2.12. The molecule has 0 unspecified atom stereocenters. The van der Waals surface area contributed by atoms with E-state index in [2.05, 4.69) is 108 Å². The van der Waals surface area contributed by atoms with Gasteiger partial charge in [0.1, 0.15) is 5.69 Å². The first-order chi connectivity index (χ1) is 21.8.